The molecule has 3 nitrogen and oxygen atoms in total. The van der Waals surface area contributed by atoms with Gasteiger partial charge in [0.25, 0.3) is 0 Å². The van der Waals surface area contributed by atoms with Crippen LogP contribution in [0.2, 0.25) is 0 Å². The van der Waals surface area contributed by atoms with Crippen molar-refractivity contribution in [2.75, 3.05) is 5.73 Å². The van der Waals surface area contributed by atoms with Crippen LogP contribution in [-0.2, 0) is 0 Å². The van der Waals surface area contributed by atoms with Gasteiger partial charge in [-0.3, -0.25) is 0 Å². The molecule has 1 aromatic heterocycles. The van der Waals surface area contributed by atoms with Gasteiger partial charge in [-0.25, -0.2) is 0 Å². The molecule has 106 valence electrons. The van der Waals surface area contributed by atoms with E-state index >= 15 is 0 Å². The topological polar surface area (TPSA) is 52.0 Å². The van der Waals surface area contributed by atoms with Crippen molar-refractivity contribution >= 4 is 5.88 Å². The Kier molecular flexibility index (Phi) is 3.51. The molecule has 2 N–H and O–H groups in total. The highest BCUT2D eigenvalue weighted by molar-refractivity contribution is 5.76. The summed E-state index contributed by atoms with van der Waals surface area (Å²) in [6.07, 6.45) is 6.30. The Balaban J connectivity index is 2.03. The molecule has 0 atom stereocenters. The van der Waals surface area contributed by atoms with Gasteiger partial charge in [-0.1, -0.05) is 42.6 Å². The summed E-state index contributed by atoms with van der Waals surface area (Å²) in [5.41, 5.74) is 11.8. The quantitative estimate of drug-likeness (QED) is 0.868. The van der Waals surface area contributed by atoms with Crippen LogP contribution >= 0.6 is 0 Å². The minimum Gasteiger partial charge on any atom is -0.367 e. The maximum absolute atomic E-state index is 6.04. The first-order valence-corrected chi connectivity index (χ1v) is 7.49. The van der Waals surface area contributed by atoms with Crippen LogP contribution in [0.4, 0.5) is 5.88 Å². The summed E-state index contributed by atoms with van der Waals surface area (Å²) >= 11 is 0. The Labute approximate surface area is 120 Å². The molecule has 3 heteroatoms. The van der Waals surface area contributed by atoms with E-state index in [9.17, 15) is 0 Å². The van der Waals surface area contributed by atoms with Gasteiger partial charge in [-0.15, -0.1) is 0 Å². The molecular weight excluding hydrogens is 248 g/mol. The number of nitrogens with zero attached hydrogens (tertiary/aromatic N) is 1. The molecule has 0 saturated heterocycles. The highest BCUT2D eigenvalue weighted by atomic mass is 16.5. The standard InChI is InChI=1S/C17H22N2O/c1-11-8-9-14(10-12(11)2)15-16(19-20-17(15)18)13-6-4-3-5-7-13/h8-10,13H,3-7,18H2,1-2H3. The Morgan fingerprint density at radius 3 is 2.55 bits per heavy atom. The van der Waals surface area contributed by atoms with Gasteiger partial charge in [-0.2, -0.15) is 0 Å². The predicted molar refractivity (Wildman–Crippen MR) is 81.7 cm³/mol. The van der Waals surface area contributed by atoms with E-state index in [1.807, 2.05) is 0 Å². The number of benzene rings is 1. The van der Waals surface area contributed by atoms with Crippen molar-refractivity contribution in [1.82, 2.24) is 5.16 Å². The summed E-state index contributed by atoms with van der Waals surface area (Å²) in [5, 5.41) is 4.27. The van der Waals surface area contributed by atoms with Gasteiger partial charge in [0.1, 0.15) is 0 Å². The highest BCUT2D eigenvalue weighted by Crippen LogP contribution is 2.40. The third-order valence-corrected chi connectivity index (χ3v) is 4.53. The number of aromatic nitrogens is 1. The average molecular weight is 270 g/mol. The zero-order valence-electron chi connectivity index (χ0n) is 12.3. The van der Waals surface area contributed by atoms with E-state index < -0.39 is 0 Å². The molecule has 0 unspecified atom stereocenters. The maximum atomic E-state index is 6.04. The molecule has 20 heavy (non-hydrogen) atoms. The summed E-state index contributed by atoms with van der Waals surface area (Å²) in [6.45, 7) is 4.25. The molecule has 0 bridgehead atoms. The Hall–Kier alpha value is -1.77. The van der Waals surface area contributed by atoms with E-state index in [2.05, 4.69) is 37.2 Å². The Morgan fingerprint density at radius 1 is 1.10 bits per heavy atom. The third-order valence-electron chi connectivity index (χ3n) is 4.53. The first kappa shape index (κ1) is 13.2. The van der Waals surface area contributed by atoms with E-state index in [0.717, 1.165) is 16.8 Å². The predicted octanol–water partition coefficient (Wildman–Crippen LogP) is 4.59. The molecule has 3 rings (SSSR count). The number of anilines is 1. The van der Waals surface area contributed by atoms with Gasteiger partial charge in [0.15, 0.2) is 0 Å². The van der Waals surface area contributed by atoms with E-state index in [0.29, 0.717) is 11.8 Å². The van der Waals surface area contributed by atoms with E-state index in [4.69, 9.17) is 10.3 Å². The van der Waals surface area contributed by atoms with Crippen LogP contribution in [0.25, 0.3) is 11.1 Å². The van der Waals surface area contributed by atoms with Gasteiger partial charge < -0.3 is 10.3 Å². The minimum absolute atomic E-state index is 0.453. The molecular formula is C17H22N2O. The normalized spacial score (nSPS) is 16.5. The maximum Gasteiger partial charge on any atom is 0.230 e. The monoisotopic (exact) mass is 270 g/mol. The largest absolute Gasteiger partial charge is 0.367 e. The van der Waals surface area contributed by atoms with Gasteiger partial charge in [0.05, 0.1) is 11.3 Å². The molecule has 0 spiro atoms. The summed E-state index contributed by atoms with van der Waals surface area (Å²) in [5.74, 6) is 0.954. The fourth-order valence-corrected chi connectivity index (χ4v) is 3.16. The van der Waals surface area contributed by atoms with Crippen molar-refractivity contribution in [1.29, 1.82) is 0 Å². The number of nitrogen functional groups attached to an aromatic ring is 1. The lowest BCUT2D eigenvalue weighted by Gasteiger charge is -2.20. The van der Waals surface area contributed by atoms with Crippen LogP contribution in [0.15, 0.2) is 22.7 Å². The van der Waals surface area contributed by atoms with E-state index in [1.165, 1.54) is 43.2 Å². The fraction of sp³-hybridized carbons (Fsp3) is 0.471. The van der Waals surface area contributed by atoms with Gasteiger partial charge in [-0.05, 0) is 43.4 Å². The molecule has 1 saturated carbocycles. The molecule has 0 amide bonds. The Morgan fingerprint density at radius 2 is 1.85 bits per heavy atom. The smallest absolute Gasteiger partial charge is 0.230 e. The first-order chi connectivity index (χ1) is 9.66. The molecule has 2 aromatic rings. The second kappa shape index (κ2) is 5.31. The van der Waals surface area contributed by atoms with Crippen molar-refractivity contribution < 1.29 is 4.52 Å². The third kappa shape index (κ3) is 2.33. The zero-order valence-corrected chi connectivity index (χ0v) is 12.3. The summed E-state index contributed by atoms with van der Waals surface area (Å²) < 4.78 is 5.30. The zero-order chi connectivity index (χ0) is 14.1. The van der Waals surface area contributed by atoms with Crippen molar-refractivity contribution in [3.05, 3.63) is 35.0 Å². The average Bonchev–Trinajstić information content (AvgIpc) is 2.85. The molecule has 1 fully saturated rings. The van der Waals surface area contributed by atoms with Crippen LogP contribution in [0.3, 0.4) is 0 Å². The van der Waals surface area contributed by atoms with Crippen molar-refractivity contribution in [3.63, 3.8) is 0 Å². The fourth-order valence-electron chi connectivity index (χ4n) is 3.16. The van der Waals surface area contributed by atoms with Crippen molar-refractivity contribution in [3.8, 4) is 11.1 Å². The summed E-state index contributed by atoms with van der Waals surface area (Å²) in [4.78, 5) is 0. The number of hydrogen-bond donors (Lipinski definition) is 1. The number of aryl methyl sites for hydroxylation is 2. The van der Waals surface area contributed by atoms with Crippen LogP contribution in [0.1, 0.15) is 54.8 Å². The van der Waals surface area contributed by atoms with Crippen LogP contribution < -0.4 is 5.73 Å². The van der Waals surface area contributed by atoms with Crippen LogP contribution in [0.5, 0.6) is 0 Å². The lowest BCUT2D eigenvalue weighted by molar-refractivity contribution is 0.388. The van der Waals surface area contributed by atoms with E-state index in [1.54, 1.807) is 0 Å². The van der Waals surface area contributed by atoms with Gasteiger partial charge >= 0.3 is 0 Å². The molecule has 1 aliphatic carbocycles. The summed E-state index contributed by atoms with van der Waals surface area (Å²) in [7, 11) is 0. The van der Waals surface area contributed by atoms with Gasteiger partial charge in [0, 0.05) is 5.92 Å². The first-order valence-electron chi connectivity index (χ1n) is 7.49. The Bertz CT molecular complexity index is 609. The van der Waals surface area contributed by atoms with Crippen LogP contribution in [-0.4, -0.2) is 5.16 Å². The summed E-state index contributed by atoms with van der Waals surface area (Å²) in [6, 6.07) is 6.45. The second-order valence-electron chi connectivity index (χ2n) is 5.94. The van der Waals surface area contributed by atoms with Crippen LogP contribution in [0, 0.1) is 13.8 Å². The molecule has 0 radical (unpaired) electrons. The van der Waals surface area contributed by atoms with Crippen molar-refractivity contribution in [2.24, 2.45) is 0 Å². The molecule has 0 aliphatic heterocycles. The molecule has 1 heterocycles. The lowest BCUT2D eigenvalue weighted by Crippen LogP contribution is -2.06. The number of nitrogens with two attached hydrogens (primary N) is 1. The number of hydrogen-bond acceptors (Lipinski definition) is 3. The van der Waals surface area contributed by atoms with E-state index in [-0.39, 0.29) is 0 Å². The highest BCUT2D eigenvalue weighted by Gasteiger charge is 2.25. The lowest BCUT2D eigenvalue weighted by atomic mass is 9.84. The second-order valence-corrected chi connectivity index (χ2v) is 5.94. The number of rotatable bonds is 2. The van der Waals surface area contributed by atoms with Crippen molar-refractivity contribution in [2.45, 2.75) is 51.9 Å². The minimum atomic E-state index is 0.453. The molecule has 1 aromatic carbocycles. The SMILES string of the molecule is Cc1ccc(-c2c(C3CCCCC3)noc2N)cc1C. The molecule has 1 aliphatic rings. The van der Waals surface area contributed by atoms with Gasteiger partial charge in [0.2, 0.25) is 5.88 Å².